The number of nitrogens with zero attached hydrogens (tertiary/aromatic N) is 1. The summed E-state index contributed by atoms with van der Waals surface area (Å²) in [4.78, 5) is 9.98. The molecule has 0 unspecified atom stereocenters. The van der Waals surface area contributed by atoms with Crippen LogP contribution in [-0.4, -0.2) is 12.0 Å². The van der Waals surface area contributed by atoms with Crippen LogP contribution in [0.5, 0.6) is 5.75 Å². The quantitative estimate of drug-likeness (QED) is 0.648. The Bertz CT molecular complexity index is 594. The van der Waals surface area contributed by atoms with Crippen LogP contribution in [0.4, 0.5) is 5.88 Å². The minimum atomic E-state index is -0.547. The average molecular weight is 276 g/mol. The van der Waals surface area contributed by atoms with Crippen LogP contribution in [-0.2, 0) is 6.54 Å². The van der Waals surface area contributed by atoms with Crippen LogP contribution in [0.2, 0.25) is 0 Å². The highest BCUT2D eigenvalue weighted by atomic mass is 16.6. The fraction of sp³-hybridized carbons (Fsp3) is 0.286. The van der Waals surface area contributed by atoms with Crippen molar-refractivity contribution in [3.05, 3.63) is 57.8 Å². The molecule has 6 heteroatoms. The van der Waals surface area contributed by atoms with Gasteiger partial charge in [0.15, 0.2) is 0 Å². The molecular weight excluding hydrogens is 260 g/mol. The summed E-state index contributed by atoms with van der Waals surface area (Å²) in [6.45, 7) is 2.43. The molecule has 0 aliphatic heterocycles. The normalized spacial score (nSPS) is 12.1. The van der Waals surface area contributed by atoms with Gasteiger partial charge in [0.2, 0.25) is 0 Å². The molecule has 1 N–H and O–H groups in total. The predicted molar refractivity (Wildman–Crippen MR) is 73.6 cm³/mol. The van der Waals surface area contributed by atoms with E-state index in [2.05, 4.69) is 5.32 Å². The van der Waals surface area contributed by atoms with E-state index in [1.807, 2.05) is 31.2 Å². The van der Waals surface area contributed by atoms with Crippen LogP contribution in [0.3, 0.4) is 0 Å². The number of ether oxygens (including phenoxy) is 1. The van der Waals surface area contributed by atoms with Gasteiger partial charge in [-0.2, -0.15) is 0 Å². The fourth-order valence-corrected chi connectivity index (χ4v) is 1.84. The van der Waals surface area contributed by atoms with E-state index in [4.69, 9.17) is 9.15 Å². The largest absolute Gasteiger partial charge is 0.497 e. The van der Waals surface area contributed by atoms with Gasteiger partial charge in [0, 0.05) is 6.04 Å². The number of nitrogens with one attached hydrogen (secondary N) is 1. The first-order chi connectivity index (χ1) is 9.60. The lowest BCUT2D eigenvalue weighted by molar-refractivity contribution is -0.402. The molecule has 106 valence electrons. The molecule has 1 aromatic carbocycles. The van der Waals surface area contributed by atoms with Gasteiger partial charge in [0.25, 0.3) is 0 Å². The van der Waals surface area contributed by atoms with Crippen molar-refractivity contribution in [3.63, 3.8) is 0 Å². The number of methoxy groups -OCH3 is 1. The second-order valence-electron chi connectivity index (χ2n) is 4.38. The fourth-order valence-electron chi connectivity index (χ4n) is 1.84. The van der Waals surface area contributed by atoms with E-state index in [1.54, 1.807) is 13.2 Å². The van der Waals surface area contributed by atoms with Gasteiger partial charge in [-0.15, -0.1) is 0 Å². The topological polar surface area (TPSA) is 77.5 Å². The zero-order valence-electron chi connectivity index (χ0n) is 11.3. The van der Waals surface area contributed by atoms with E-state index in [1.165, 1.54) is 6.07 Å². The minimum absolute atomic E-state index is 0.0780. The van der Waals surface area contributed by atoms with Crippen molar-refractivity contribution >= 4 is 5.88 Å². The Morgan fingerprint density at radius 3 is 2.85 bits per heavy atom. The zero-order valence-corrected chi connectivity index (χ0v) is 11.3. The maximum absolute atomic E-state index is 10.5. The van der Waals surface area contributed by atoms with E-state index in [-0.39, 0.29) is 11.9 Å². The third-order valence-electron chi connectivity index (χ3n) is 3.00. The van der Waals surface area contributed by atoms with E-state index in [0.29, 0.717) is 12.3 Å². The molecule has 0 saturated heterocycles. The van der Waals surface area contributed by atoms with Gasteiger partial charge in [-0.05, 0) is 30.7 Å². The lowest BCUT2D eigenvalue weighted by Crippen LogP contribution is -2.17. The Morgan fingerprint density at radius 2 is 2.20 bits per heavy atom. The Labute approximate surface area is 116 Å². The van der Waals surface area contributed by atoms with Crippen LogP contribution in [0.15, 0.2) is 40.8 Å². The zero-order chi connectivity index (χ0) is 14.5. The monoisotopic (exact) mass is 276 g/mol. The summed E-state index contributed by atoms with van der Waals surface area (Å²) in [5.74, 6) is 1.09. The molecule has 0 amide bonds. The summed E-state index contributed by atoms with van der Waals surface area (Å²) in [7, 11) is 1.62. The number of rotatable bonds is 6. The summed E-state index contributed by atoms with van der Waals surface area (Å²) in [6.07, 6.45) is 0. The molecule has 0 spiro atoms. The van der Waals surface area contributed by atoms with Crippen molar-refractivity contribution in [2.24, 2.45) is 0 Å². The first-order valence-electron chi connectivity index (χ1n) is 6.20. The second-order valence-corrected chi connectivity index (χ2v) is 4.38. The first kappa shape index (κ1) is 14.1. The molecule has 0 aliphatic rings. The maximum Gasteiger partial charge on any atom is 0.433 e. The SMILES string of the molecule is COc1cccc([C@@H](C)NCc2ccc([N+](=O)[O-])o2)c1. The standard InChI is InChI=1S/C14H16N2O4/c1-10(11-4-3-5-12(8-11)19-2)15-9-13-6-7-14(20-13)16(17)18/h3-8,10,15H,9H2,1-2H3/t10-/m1/s1. The summed E-state index contributed by atoms with van der Waals surface area (Å²) in [5, 5.41) is 13.8. The lowest BCUT2D eigenvalue weighted by atomic mass is 10.1. The van der Waals surface area contributed by atoms with Gasteiger partial charge in [0.05, 0.1) is 19.7 Å². The van der Waals surface area contributed by atoms with Crippen LogP contribution in [0.25, 0.3) is 0 Å². The van der Waals surface area contributed by atoms with Gasteiger partial charge < -0.3 is 14.5 Å². The molecule has 1 heterocycles. The van der Waals surface area contributed by atoms with Gasteiger partial charge >= 0.3 is 5.88 Å². The third-order valence-corrected chi connectivity index (χ3v) is 3.00. The second kappa shape index (κ2) is 6.21. The van der Waals surface area contributed by atoms with Gasteiger partial charge in [-0.3, -0.25) is 10.1 Å². The van der Waals surface area contributed by atoms with Crippen molar-refractivity contribution in [1.29, 1.82) is 0 Å². The van der Waals surface area contributed by atoms with Crippen LogP contribution < -0.4 is 10.1 Å². The molecule has 20 heavy (non-hydrogen) atoms. The summed E-state index contributed by atoms with van der Waals surface area (Å²) in [6, 6.07) is 10.8. The van der Waals surface area contributed by atoms with Crippen molar-refractivity contribution in [2.45, 2.75) is 19.5 Å². The number of nitro groups is 1. The molecule has 1 atom stereocenters. The molecular formula is C14H16N2O4. The van der Waals surface area contributed by atoms with E-state index < -0.39 is 4.92 Å². The molecule has 0 aliphatic carbocycles. The molecule has 6 nitrogen and oxygen atoms in total. The van der Waals surface area contributed by atoms with Crippen molar-refractivity contribution in [2.75, 3.05) is 7.11 Å². The van der Waals surface area contributed by atoms with E-state index >= 15 is 0 Å². The number of hydrogen-bond acceptors (Lipinski definition) is 5. The number of benzene rings is 1. The molecule has 0 fully saturated rings. The van der Waals surface area contributed by atoms with Crippen LogP contribution in [0.1, 0.15) is 24.3 Å². The smallest absolute Gasteiger partial charge is 0.433 e. The van der Waals surface area contributed by atoms with Crippen LogP contribution in [0, 0.1) is 10.1 Å². The third kappa shape index (κ3) is 3.36. The Kier molecular flexibility index (Phi) is 4.37. The highest BCUT2D eigenvalue weighted by Crippen LogP contribution is 2.20. The van der Waals surface area contributed by atoms with Crippen LogP contribution >= 0.6 is 0 Å². The van der Waals surface area contributed by atoms with Crippen molar-refractivity contribution < 1.29 is 14.1 Å². The molecule has 1 aromatic heterocycles. The summed E-state index contributed by atoms with van der Waals surface area (Å²) in [5.41, 5.74) is 1.07. The van der Waals surface area contributed by atoms with Gasteiger partial charge in [-0.1, -0.05) is 12.1 Å². The van der Waals surface area contributed by atoms with Gasteiger partial charge in [-0.25, -0.2) is 0 Å². The molecule has 0 radical (unpaired) electrons. The summed E-state index contributed by atoms with van der Waals surface area (Å²) >= 11 is 0. The Hall–Kier alpha value is -2.34. The predicted octanol–water partition coefficient (Wildman–Crippen LogP) is 3.05. The van der Waals surface area contributed by atoms with Gasteiger partial charge in [0.1, 0.15) is 16.4 Å². The van der Waals surface area contributed by atoms with E-state index in [9.17, 15) is 10.1 Å². The van der Waals surface area contributed by atoms with Crippen molar-refractivity contribution in [1.82, 2.24) is 5.32 Å². The minimum Gasteiger partial charge on any atom is -0.497 e. The number of furan rings is 1. The van der Waals surface area contributed by atoms with Crippen molar-refractivity contribution in [3.8, 4) is 5.75 Å². The maximum atomic E-state index is 10.5. The average Bonchev–Trinajstić information content (AvgIpc) is 2.94. The lowest BCUT2D eigenvalue weighted by Gasteiger charge is -2.14. The summed E-state index contributed by atoms with van der Waals surface area (Å²) < 4.78 is 10.3. The highest BCUT2D eigenvalue weighted by molar-refractivity contribution is 5.30. The number of hydrogen-bond donors (Lipinski definition) is 1. The first-order valence-corrected chi connectivity index (χ1v) is 6.20. The van der Waals surface area contributed by atoms with E-state index in [0.717, 1.165) is 11.3 Å². The highest BCUT2D eigenvalue weighted by Gasteiger charge is 2.12. The molecule has 0 bridgehead atoms. The Balaban J connectivity index is 1.96. The molecule has 0 saturated carbocycles. The molecule has 2 aromatic rings. The Morgan fingerprint density at radius 1 is 1.40 bits per heavy atom. The molecule has 2 rings (SSSR count).